The van der Waals surface area contributed by atoms with Gasteiger partial charge in [0.2, 0.25) is 5.91 Å². The van der Waals surface area contributed by atoms with E-state index in [1.165, 1.54) is 5.56 Å². The fraction of sp³-hybridized carbons (Fsp3) is 0.414. The third-order valence-electron chi connectivity index (χ3n) is 7.72. The predicted molar refractivity (Wildman–Crippen MR) is 151 cm³/mol. The van der Waals surface area contributed by atoms with E-state index < -0.39 is 8.32 Å². The Hall–Kier alpha value is -3.61. The van der Waals surface area contributed by atoms with Crippen LogP contribution in [-0.4, -0.2) is 41.8 Å². The largest absolute Gasteiger partial charge is 0.412 e. The van der Waals surface area contributed by atoms with E-state index in [1.54, 1.807) is 29.4 Å². The fourth-order valence-corrected chi connectivity index (χ4v) is 5.73. The second-order valence-corrected chi connectivity index (χ2v) is 16.5. The van der Waals surface area contributed by atoms with Gasteiger partial charge < -0.3 is 9.74 Å². The van der Waals surface area contributed by atoms with Crippen molar-refractivity contribution in [3.63, 3.8) is 0 Å². The third-order valence-corrected chi connectivity index (χ3v) is 12.3. The van der Waals surface area contributed by atoms with Gasteiger partial charge in [-0.1, -0.05) is 20.8 Å². The summed E-state index contributed by atoms with van der Waals surface area (Å²) in [4.78, 5) is 28.4. The van der Waals surface area contributed by atoms with Crippen LogP contribution in [0.4, 0.5) is 17.5 Å². The molecule has 2 fully saturated rings. The molecule has 2 aliphatic rings. The maximum atomic E-state index is 12.8. The molecule has 9 heteroatoms. The van der Waals surface area contributed by atoms with Gasteiger partial charge in [0.25, 0.3) is 0 Å². The van der Waals surface area contributed by atoms with Crippen LogP contribution in [-0.2, 0) is 9.22 Å². The Labute approximate surface area is 225 Å². The molecule has 1 atom stereocenters. The number of aromatic nitrogens is 3. The Morgan fingerprint density at radius 3 is 2.55 bits per heavy atom. The monoisotopic (exact) mass is 526 g/mol. The van der Waals surface area contributed by atoms with Crippen molar-refractivity contribution < 1.29 is 9.22 Å². The first-order chi connectivity index (χ1) is 18.0. The average Bonchev–Trinajstić information content (AvgIpc) is 3.66. The minimum atomic E-state index is -1.97. The Balaban J connectivity index is 1.35. The molecule has 0 radical (unpaired) electrons. The Morgan fingerprint density at radius 1 is 1.11 bits per heavy atom. The van der Waals surface area contributed by atoms with Gasteiger partial charge in [0.1, 0.15) is 17.5 Å². The lowest BCUT2D eigenvalue weighted by Crippen LogP contribution is -2.44. The van der Waals surface area contributed by atoms with E-state index in [-0.39, 0.29) is 17.0 Å². The topological polar surface area (TPSA) is 104 Å². The van der Waals surface area contributed by atoms with Crippen LogP contribution in [0.1, 0.15) is 57.1 Å². The highest BCUT2D eigenvalue weighted by Crippen LogP contribution is 2.42. The summed E-state index contributed by atoms with van der Waals surface area (Å²) in [5, 5.41) is 12.5. The fourth-order valence-electron chi connectivity index (χ4n) is 4.38. The summed E-state index contributed by atoms with van der Waals surface area (Å²) in [6, 6.07) is 13.5. The summed E-state index contributed by atoms with van der Waals surface area (Å²) in [5.74, 6) is 2.46. The summed E-state index contributed by atoms with van der Waals surface area (Å²) in [6.07, 6.45) is 5.99. The SMILES string of the molecule is CC(C)(C)[Si](C)(C)O[C@H]1CC(=O)N(c2ccc(-c3cc(C4CC4)cc(Nc4cc(C#N)ccn4)n3)cn2)C1. The predicted octanol–water partition coefficient (Wildman–Crippen LogP) is 6.16. The van der Waals surface area contributed by atoms with Crippen molar-refractivity contribution in [1.29, 1.82) is 5.26 Å². The van der Waals surface area contributed by atoms with E-state index in [2.05, 4.69) is 67.4 Å². The summed E-state index contributed by atoms with van der Waals surface area (Å²) in [6.45, 7) is 11.6. The molecule has 8 nitrogen and oxygen atoms in total. The van der Waals surface area contributed by atoms with E-state index >= 15 is 0 Å². The summed E-state index contributed by atoms with van der Waals surface area (Å²) >= 11 is 0. The summed E-state index contributed by atoms with van der Waals surface area (Å²) < 4.78 is 6.51. The zero-order valence-electron chi connectivity index (χ0n) is 22.7. The van der Waals surface area contributed by atoms with Crippen molar-refractivity contribution in [3.8, 4) is 17.3 Å². The first-order valence-corrected chi connectivity index (χ1v) is 16.0. The van der Waals surface area contributed by atoms with Crippen LogP contribution in [0.3, 0.4) is 0 Å². The second-order valence-electron chi connectivity index (χ2n) is 11.7. The molecular formula is C29H34N6O2Si. The molecule has 196 valence electrons. The number of rotatable bonds is 7. The van der Waals surface area contributed by atoms with Gasteiger partial charge in [-0.25, -0.2) is 15.0 Å². The molecule has 1 saturated heterocycles. The first kappa shape index (κ1) is 26.0. The number of amides is 1. The van der Waals surface area contributed by atoms with Crippen molar-refractivity contribution in [3.05, 3.63) is 59.9 Å². The van der Waals surface area contributed by atoms with Crippen LogP contribution >= 0.6 is 0 Å². The van der Waals surface area contributed by atoms with Gasteiger partial charge in [-0.2, -0.15) is 5.26 Å². The van der Waals surface area contributed by atoms with Crippen molar-refractivity contribution in [2.75, 3.05) is 16.8 Å². The lowest BCUT2D eigenvalue weighted by molar-refractivity contribution is -0.117. The van der Waals surface area contributed by atoms with Gasteiger partial charge in [-0.15, -0.1) is 0 Å². The van der Waals surface area contributed by atoms with Crippen LogP contribution in [0, 0.1) is 11.3 Å². The molecule has 1 aliphatic heterocycles. The molecule has 0 spiro atoms. The van der Waals surface area contributed by atoms with Crippen molar-refractivity contribution in [1.82, 2.24) is 15.0 Å². The Morgan fingerprint density at radius 2 is 1.89 bits per heavy atom. The molecule has 4 heterocycles. The zero-order valence-corrected chi connectivity index (χ0v) is 23.7. The van der Waals surface area contributed by atoms with Gasteiger partial charge in [-0.05, 0) is 78.9 Å². The van der Waals surface area contributed by atoms with Crippen LogP contribution in [0.5, 0.6) is 0 Å². The van der Waals surface area contributed by atoms with Gasteiger partial charge in [0, 0.05) is 18.0 Å². The number of carbonyl (C=O) groups is 1. The molecule has 38 heavy (non-hydrogen) atoms. The molecule has 0 bridgehead atoms. The minimum absolute atomic E-state index is 0.0430. The number of carbonyl (C=O) groups excluding carboxylic acids is 1. The van der Waals surface area contributed by atoms with Crippen LogP contribution < -0.4 is 10.2 Å². The molecule has 1 amide bonds. The van der Waals surface area contributed by atoms with E-state index in [1.807, 2.05) is 12.1 Å². The van der Waals surface area contributed by atoms with Gasteiger partial charge in [0.15, 0.2) is 8.32 Å². The lowest BCUT2D eigenvalue weighted by Gasteiger charge is -2.38. The number of nitrogens with one attached hydrogen (secondary N) is 1. The smallest absolute Gasteiger partial charge is 0.230 e. The average molecular weight is 527 g/mol. The van der Waals surface area contributed by atoms with Crippen molar-refractivity contribution >= 4 is 31.7 Å². The Kier molecular flexibility index (Phi) is 6.80. The normalized spacial score (nSPS) is 17.9. The molecule has 1 N–H and O–H groups in total. The van der Waals surface area contributed by atoms with Crippen LogP contribution in [0.2, 0.25) is 18.1 Å². The molecule has 1 saturated carbocycles. The highest BCUT2D eigenvalue weighted by molar-refractivity contribution is 6.74. The minimum Gasteiger partial charge on any atom is -0.412 e. The molecule has 3 aromatic heterocycles. The summed E-state index contributed by atoms with van der Waals surface area (Å²) in [7, 11) is -1.97. The van der Waals surface area contributed by atoms with E-state index in [0.717, 1.165) is 24.1 Å². The van der Waals surface area contributed by atoms with Crippen LogP contribution in [0.25, 0.3) is 11.3 Å². The number of pyridine rings is 3. The number of nitrogens with zero attached hydrogens (tertiary/aromatic N) is 5. The maximum Gasteiger partial charge on any atom is 0.230 e. The number of nitriles is 1. The molecule has 1 aliphatic carbocycles. The van der Waals surface area contributed by atoms with Crippen LogP contribution in [0.15, 0.2) is 48.8 Å². The van der Waals surface area contributed by atoms with Gasteiger partial charge in [-0.3, -0.25) is 9.69 Å². The zero-order chi connectivity index (χ0) is 27.1. The van der Waals surface area contributed by atoms with Crippen molar-refractivity contribution in [2.45, 2.75) is 70.2 Å². The summed E-state index contributed by atoms with van der Waals surface area (Å²) in [5.41, 5.74) is 3.44. The van der Waals surface area contributed by atoms with Crippen molar-refractivity contribution in [2.24, 2.45) is 0 Å². The molecule has 3 aromatic rings. The molecule has 5 rings (SSSR count). The standard InChI is InChI=1S/C29H34N6O2Si/c1-29(2,3)38(4,5)37-23-15-28(36)35(18-23)27-9-8-21(17-32-27)24-13-22(20-6-7-20)14-26(33-24)34-25-12-19(16-30)10-11-31-25/h8-14,17,20,23H,6-7,15,18H2,1-5H3,(H,31,33,34)/t23-/m0/s1. The second kappa shape index (κ2) is 9.93. The maximum absolute atomic E-state index is 12.8. The lowest BCUT2D eigenvalue weighted by atomic mass is 10.1. The number of hydrogen-bond donors (Lipinski definition) is 1. The highest BCUT2D eigenvalue weighted by atomic mass is 28.4. The van der Waals surface area contributed by atoms with Gasteiger partial charge >= 0.3 is 0 Å². The molecule has 0 unspecified atom stereocenters. The first-order valence-electron chi connectivity index (χ1n) is 13.1. The third kappa shape index (κ3) is 5.61. The quantitative estimate of drug-likeness (QED) is 0.368. The molecule has 0 aromatic carbocycles. The van der Waals surface area contributed by atoms with E-state index in [9.17, 15) is 10.1 Å². The number of anilines is 3. The van der Waals surface area contributed by atoms with Gasteiger partial charge in [0.05, 0.1) is 36.4 Å². The van der Waals surface area contributed by atoms with E-state index in [4.69, 9.17) is 9.41 Å². The van der Waals surface area contributed by atoms with E-state index in [0.29, 0.717) is 41.9 Å². The number of hydrogen-bond acceptors (Lipinski definition) is 7. The molecular weight excluding hydrogens is 492 g/mol. The highest BCUT2D eigenvalue weighted by Gasteiger charge is 2.42. The Bertz CT molecular complexity index is 1390.